The molecule has 0 saturated carbocycles. The molecular weight excluding hydrogens is 446 g/mol. The number of benzene rings is 3. The van der Waals surface area contributed by atoms with Crippen LogP contribution in [0.15, 0.2) is 79.1 Å². The Kier molecular flexibility index (Phi) is 7.03. The van der Waals surface area contributed by atoms with Crippen molar-refractivity contribution in [1.82, 2.24) is 9.97 Å². The van der Waals surface area contributed by atoms with Gasteiger partial charge in [0.25, 0.3) is 0 Å². The molecule has 1 aliphatic heterocycles. The number of anilines is 1. The highest BCUT2D eigenvalue weighted by Crippen LogP contribution is 2.45. The van der Waals surface area contributed by atoms with E-state index in [2.05, 4.69) is 41.3 Å². The van der Waals surface area contributed by atoms with Crippen molar-refractivity contribution in [1.29, 1.82) is 0 Å². The van der Waals surface area contributed by atoms with Crippen molar-refractivity contribution >= 4 is 24.0 Å². The Morgan fingerprint density at radius 3 is 2.29 bits per heavy atom. The summed E-state index contributed by atoms with van der Waals surface area (Å²) in [6, 6.07) is 22.1. The fourth-order valence-electron chi connectivity index (χ4n) is 4.58. The summed E-state index contributed by atoms with van der Waals surface area (Å²) in [6.07, 6.45) is 4.54. The van der Waals surface area contributed by atoms with E-state index in [-0.39, 0.29) is 30.2 Å². The molecule has 0 fully saturated rings. The van der Waals surface area contributed by atoms with Crippen LogP contribution in [0.1, 0.15) is 60.2 Å². The summed E-state index contributed by atoms with van der Waals surface area (Å²) in [6.45, 7) is 4.29. The average molecular weight is 474 g/mol. The highest BCUT2D eigenvalue weighted by molar-refractivity contribution is 5.93. The Bertz CT molecular complexity index is 1240. The number of H-pyrrole nitrogens is 1. The van der Waals surface area contributed by atoms with Gasteiger partial charge >= 0.3 is 0 Å². The van der Waals surface area contributed by atoms with Crippen molar-refractivity contribution in [3.63, 3.8) is 0 Å². The number of rotatable bonds is 6. The first-order valence-electron chi connectivity index (χ1n) is 11.4. The van der Waals surface area contributed by atoms with E-state index in [1.807, 2.05) is 60.8 Å². The fraction of sp³-hybridized carbons (Fsp3) is 0.214. The van der Waals surface area contributed by atoms with E-state index in [9.17, 15) is 4.79 Å². The van der Waals surface area contributed by atoms with E-state index in [0.717, 1.165) is 45.3 Å². The molecule has 34 heavy (non-hydrogen) atoms. The number of fused-ring (bicyclic) bond motifs is 2. The number of hydrogen-bond donors (Lipinski definition) is 2. The highest BCUT2D eigenvalue weighted by atomic mass is 35.5. The number of para-hydroxylation sites is 3. The lowest BCUT2D eigenvalue weighted by Crippen LogP contribution is -2.20. The van der Waals surface area contributed by atoms with Crippen LogP contribution < -0.4 is 10.1 Å². The smallest absolute Gasteiger partial charge is 0.225 e. The highest BCUT2D eigenvalue weighted by Gasteiger charge is 2.29. The lowest BCUT2D eigenvalue weighted by molar-refractivity contribution is -0.116. The molecule has 1 aliphatic rings. The van der Waals surface area contributed by atoms with Crippen LogP contribution in [-0.4, -0.2) is 15.9 Å². The van der Waals surface area contributed by atoms with Gasteiger partial charge in [0.05, 0.1) is 0 Å². The van der Waals surface area contributed by atoms with Crippen molar-refractivity contribution in [3.05, 3.63) is 107 Å². The number of carbonyl (C=O) groups is 1. The van der Waals surface area contributed by atoms with Crippen molar-refractivity contribution in [2.75, 3.05) is 5.32 Å². The number of carbonyl (C=O) groups excluding carboxylic acids is 1. The Labute approximate surface area is 206 Å². The van der Waals surface area contributed by atoms with Gasteiger partial charge in [0.2, 0.25) is 5.91 Å². The molecule has 0 unspecified atom stereocenters. The molecule has 5 rings (SSSR count). The van der Waals surface area contributed by atoms with Crippen LogP contribution in [-0.2, 0) is 11.2 Å². The van der Waals surface area contributed by atoms with E-state index in [1.165, 1.54) is 0 Å². The van der Waals surface area contributed by atoms with Crippen LogP contribution in [0.2, 0.25) is 0 Å². The lowest BCUT2D eigenvalue weighted by Gasteiger charge is -2.28. The quantitative estimate of drug-likeness (QED) is 0.323. The summed E-state index contributed by atoms with van der Waals surface area (Å²) in [7, 11) is 0. The van der Waals surface area contributed by atoms with Crippen molar-refractivity contribution in [2.45, 2.75) is 38.5 Å². The molecule has 0 bridgehead atoms. The minimum absolute atomic E-state index is 0. The second-order valence-corrected chi connectivity index (χ2v) is 8.73. The molecule has 0 atom stereocenters. The molecule has 0 spiro atoms. The van der Waals surface area contributed by atoms with E-state index >= 15 is 0 Å². The lowest BCUT2D eigenvalue weighted by atomic mass is 9.85. The zero-order valence-corrected chi connectivity index (χ0v) is 20.1. The number of hydrogen-bond acceptors (Lipinski definition) is 3. The zero-order chi connectivity index (χ0) is 22.8. The molecule has 5 nitrogen and oxygen atoms in total. The van der Waals surface area contributed by atoms with Gasteiger partial charge in [0.1, 0.15) is 17.3 Å². The van der Waals surface area contributed by atoms with E-state index in [1.54, 1.807) is 6.20 Å². The molecule has 4 aromatic rings. The zero-order valence-electron chi connectivity index (χ0n) is 19.2. The van der Waals surface area contributed by atoms with Crippen LogP contribution in [0.3, 0.4) is 0 Å². The largest absolute Gasteiger partial charge is 0.457 e. The van der Waals surface area contributed by atoms with Crippen molar-refractivity contribution in [3.8, 4) is 11.5 Å². The molecule has 174 valence electrons. The minimum atomic E-state index is -0.0640. The number of imidazole rings is 1. The van der Waals surface area contributed by atoms with Crippen LogP contribution in [0.5, 0.6) is 11.5 Å². The first-order chi connectivity index (χ1) is 16.1. The normalized spacial score (nSPS) is 12.3. The summed E-state index contributed by atoms with van der Waals surface area (Å²) in [5.74, 6) is 2.71. The number of ether oxygens (including phenoxy) is 1. The molecule has 2 heterocycles. The van der Waals surface area contributed by atoms with Gasteiger partial charge in [0.15, 0.2) is 0 Å². The maximum absolute atomic E-state index is 13.5. The summed E-state index contributed by atoms with van der Waals surface area (Å²) in [5, 5.41) is 3.26. The van der Waals surface area contributed by atoms with Gasteiger partial charge < -0.3 is 15.0 Å². The summed E-state index contributed by atoms with van der Waals surface area (Å²) in [4.78, 5) is 21.0. The third kappa shape index (κ3) is 4.70. The second-order valence-electron chi connectivity index (χ2n) is 8.73. The number of aromatic nitrogens is 2. The van der Waals surface area contributed by atoms with Crippen molar-refractivity contribution in [2.24, 2.45) is 0 Å². The summed E-state index contributed by atoms with van der Waals surface area (Å²) in [5.41, 5.74) is 5.15. The first-order valence-corrected chi connectivity index (χ1v) is 11.4. The predicted octanol–water partition coefficient (Wildman–Crippen LogP) is 6.81. The van der Waals surface area contributed by atoms with E-state index in [4.69, 9.17) is 4.74 Å². The van der Waals surface area contributed by atoms with Gasteiger partial charge in [-0.15, -0.1) is 12.4 Å². The van der Waals surface area contributed by atoms with Crippen LogP contribution >= 0.6 is 12.4 Å². The maximum Gasteiger partial charge on any atom is 0.225 e. The molecule has 0 aliphatic carbocycles. The molecule has 1 aromatic heterocycles. The predicted molar refractivity (Wildman–Crippen MR) is 137 cm³/mol. The summed E-state index contributed by atoms with van der Waals surface area (Å²) < 4.78 is 6.09. The Hall–Kier alpha value is -3.57. The van der Waals surface area contributed by atoms with Gasteiger partial charge in [-0.25, -0.2) is 4.98 Å². The Morgan fingerprint density at radius 1 is 1.00 bits per heavy atom. The molecule has 0 radical (unpaired) electrons. The molecule has 2 N–H and O–H groups in total. The van der Waals surface area contributed by atoms with Crippen LogP contribution in [0.25, 0.3) is 0 Å². The topological polar surface area (TPSA) is 67.0 Å². The number of halogens is 1. The number of aromatic amines is 1. The van der Waals surface area contributed by atoms with Crippen LogP contribution in [0.4, 0.5) is 5.69 Å². The maximum atomic E-state index is 13.5. The standard InChI is InChI=1S/C28H27N3O2.ClH/c1-18(2)20-11-7-8-19(16-26-29-14-15-30-26)28(20)31-27(32)17-23-21-9-3-5-12-24(21)33-25-13-6-4-10-22(23)25;/h3-15,18,23H,16-17H2,1-2H3,(H,29,30)(H,31,32);1H. The molecule has 0 saturated heterocycles. The molecule has 1 amide bonds. The van der Waals surface area contributed by atoms with Gasteiger partial charge in [-0.1, -0.05) is 68.4 Å². The fourth-order valence-corrected chi connectivity index (χ4v) is 4.58. The number of nitrogens with zero attached hydrogens (tertiary/aromatic N) is 1. The van der Waals surface area contributed by atoms with Gasteiger partial charge in [-0.3, -0.25) is 4.79 Å². The number of amides is 1. The summed E-state index contributed by atoms with van der Waals surface area (Å²) >= 11 is 0. The monoisotopic (exact) mass is 473 g/mol. The minimum Gasteiger partial charge on any atom is -0.457 e. The van der Waals surface area contributed by atoms with Gasteiger partial charge in [-0.2, -0.15) is 0 Å². The second kappa shape index (κ2) is 10.1. The SMILES string of the molecule is CC(C)c1cccc(Cc2ncc[nH]2)c1NC(=O)CC1c2ccccc2Oc2ccccc21.Cl. The van der Waals surface area contributed by atoms with E-state index < -0.39 is 0 Å². The average Bonchev–Trinajstić information content (AvgIpc) is 3.33. The van der Waals surface area contributed by atoms with Crippen LogP contribution in [0, 0.1) is 0 Å². The first kappa shape index (κ1) is 23.6. The third-order valence-corrected chi connectivity index (χ3v) is 6.18. The van der Waals surface area contributed by atoms with Crippen molar-refractivity contribution < 1.29 is 9.53 Å². The van der Waals surface area contributed by atoms with E-state index in [0.29, 0.717) is 12.8 Å². The third-order valence-electron chi connectivity index (χ3n) is 6.18. The Balaban J connectivity index is 0.00000274. The number of nitrogens with one attached hydrogen (secondary N) is 2. The molecule has 3 aromatic carbocycles. The molecule has 6 heteroatoms. The molecular formula is C28H28ClN3O2. The van der Waals surface area contributed by atoms with Gasteiger partial charge in [0, 0.05) is 48.0 Å². The van der Waals surface area contributed by atoms with Gasteiger partial charge in [-0.05, 0) is 29.2 Å². The Morgan fingerprint density at radius 2 is 1.68 bits per heavy atom.